The van der Waals surface area contributed by atoms with Crippen LogP contribution in [0.4, 0.5) is 13.6 Å². The Hall–Kier alpha value is -1.66. The Balaban J connectivity index is 2.70. The molecule has 0 saturated carbocycles. The van der Waals surface area contributed by atoms with Crippen LogP contribution in [-0.2, 0) is 5.54 Å². The second-order valence-corrected chi connectivity index (χ2v) is 5.75. The number of amides is 2. The topological polar surface area (TPSA) is 59.0 Å². The van der Waals surface area contributed by atoms with Crippen LogP contribution in [-0.4, -0.2) is 28.8 Å². The summed E-state index contributed by atoms with van der Waals surface area (Å²) in [4.78, 5) is 11.5. The Kier molecular flexibility index (Phi) is 5.08. The van der Waals surface area contributed by atoms with Gasteiger partial charge in [0, 0.05) is 11.8 Å². The first kappa shape index (κ1) is 16.4. The molecule has 0 aliphatic rings. The van der Waals surface area contributed by atoms with Gasteiger partial charge in [-0.25, -0.2) is 13.6 Å². The van der Waals surface area contributed by atoms with Crippen molar-refractivity contribution in [3.8, 4) is 0 Å². The summed E-state index contributed by atoms with van der Waals surface area (Å²) in [6, 6.07) is -0.913. The molecule has 1 aromatic rings. The smallest absolute Gasteiger partial charge is 0.315 e. The number of urea groups is 1. The molecule has 0 saturated heterocycles. The predicted molar refractivity (Wildman–Crippen MR) is 72.9 cm³/mol. The van der Waals surface area contributed by atoms with E-state index in [1.165, 1.54) is 0 Å². The Morgan fingerprint density at radius 1 is 1.45 bits per heavy atom. The minimum Gasteiger partial charge on any atom is -0.332 e. The summed E-state index contributed by atoms with van der Waals surface area (Å²) >= 11 is 0. The highest BCUT2D eigenvalue weighted by molar-refractivity contribution is 5.74. The highest BCUT2D eigenvalue weighted by Gasteiger charge is 2.20. The number of alkyl halides is 2. The van der Waals surface area contributed by atoms with E-state index >= 15 is 0 Å². The number of rotatable bonds is 4. The van der Waals surface area contributed by atoms with Gasteiger partial charge >= 0.3 is 6.03 Å². The van der Waals surface area contributed by atoms with Gasteiger partial charge in [-0.1, -0.05) is 0 Å². The third-order valence-corrected chi connectivity index (χ3v) is 2.86. The second kappa shape index (κ2) is 6.19. The zero-order chi connectivity index (χ0) is 15.5. The fourth-order valence-electron chi connectivity index (χ4n) is 1.74. The van der Waals surface area contributed by atoms with Crippen LogP contribution in [0.25, 0.3) is 0 Å². The first-order valence-corrected chi connectivity index (χ1v) is 6.50. The quantitative estimate of drug-likeness (QED) is 0.894. The van der Waals surface area contributed by atoms with Crippen LogP contribution in [0.5, 0.6) is 0 Å². The van der Waals surface area contributed by atoms with E-state index in [9.17, 15) is 13.6 Å². The molecule has 114 valence electrons. The summed E-state index contributed by atoms with van der Waals surface area (Å²) in [5.74, 6) is 0. The van der Waals surface area contributed by atoms with Crippen molar-refractivity contribution >= 4 is 6.03 Å². The van der Waals surface area contributed by atoms with Gasteiger partial charge in [0.25, 0.3) is 6.43 Å². The number of carbonyl (C=O) groups excluding carboxylic acids is 1. The molecular formula is C13H22F2N4O. The molecule has 1 heterocycles. The van der Waals surface area contributed by atoms with Crippen molar-refractivity contribution in [3.63, 3.8) is 0 Å². The second-order valence-electron chi connectivity index (χ2n) is 5.75. The molecule has 0 radical (unpaired) electrons. The van der Waals surface area contributed by atoms with Crippen LogP contribution in [0.1, 0.15) is 45.0 Å². The van der Waals surface area contributed by atoms with Crippen molar-refractivity contribution in [1.29, 1.82) is 0 Å². The molecule has 1 aromatic heterocycles. The van der Waals surface area contributed by atoms with Crippen molar-refractivity contribution < 1.29 is 13.6 Å². The summed E-state index contributed by atoms with van der Waals surface area (Å²) in [6.07, 6.45) is -0.686. The standard InChI is InChI=1S/C13H22F2N4O/c1-8(17-12(20)16-6-11(14)15)10-7-19(13(3,4)5)18-9(10)2/h7-8,11H,6H2,1-5H3,(H2,16,17,20). The van der Waals surface area contributed by atoms with Crippen LogP contribution in [0.3, 0.4) is 0 Å². The van der Waals surface area contributed by atoms with Gasteiger partial charge in [-0.05, 0) is 34.6 Å². The van der Waals surface area contributed by atoms with Crippen LogP contribution in [0.15, 0.2) is 6.20 Å². The van der Waals surface area contributed by atoms with E-state index in [1.807, 2.05) is 38.6 Å². The van der Waals surface area contributed by atoms with Gasteiger partial charge in [0.2, 0.25) is 0 Å². The first-order valence-electron chi connectivity index (χ1n) is 6.50. The molecule has 5 nitrogen and oxygen atoms in total. The van der Waals surface area contributed by atoms with E-state index in [1.54, 1.807) is 6.92 Å². The van der Waals surface area contributed by atoms with E-state index in [0.717, 1.165) is 11.3 Å². The van der Waals surface area contributed by atoms with Crippen LogP contribution >= 0.6 is 0 Å². The molecule has 1 rings (SSSR count). The summed E-state index contributed by atoms with van der Waals surface area (Å²) in [5.41, 5.74) is 1.52. The number of nitrogens with zero attached hydrogens (tertiary/aromatic N) is 2. The molecule has 0 aliphatic carbocycles. The predicted octanol–water partition coefficient (Wildman–Crippen LogP) is 2.57. The maximum atomic E-state index is 12.0. The SMILES string of the molecule is Cc1nn(C(C)(C)C)cc1C(C)NC(=O)NCC(F)F. The molecule has 7 heteroatoms. The molecule has 1 atom stereocenters. The van der Waals surface area contributed by atoms with Crippen molar-refractivity contribution in [3.05, 3.63) is 17.5 Å². The van der Waals surface area contributed by atoms with Gasteiger partial charge in [0.1, 0.15) is 0 Å². The Morgan fingerprint density at radius 3 is 2.50 bits per heavy atom. The van der Waals surface area contributed by atoms with E-state index < -0.39 is 19.0 Å². The molecule has 0 bridgehead atoms. The highest BCUT2D eigenvalue weighted by Crippen LogP contribution is 2.20. The van der Waals surface area contributed by atoms with Crippen LogP contribution < -0.4 is 10.6 Å². The molecule has 20 heavy (non-hydrogen) atoms. The van der Waals surface area contributed by atoms with Crippen LogP contribution in [0.2, 0.25) is 0 Å². The molecule has 2 N–H and O–H groups in total. The van der Waals surface area contributed by atoms with Crippen molar-refractivity contribution in [2.75, 3.05) is 6.54 Å². The molecule has 0 aromatic carbocycles. The lowest BCUT2D eigenvalue weighted by molar-refractivity contribution is 0.146. The number of carbonyl (C=O) groups is 1. The molecule has 0 fully saturated rings. The minimum absolute atomic E-state index is 0.152. The third-order valence-electron chi connectivity index (χ3n) is 2.86. The Labute approximate surface area is 117 Å². The van der Waals surface area contributed by atoms with Crippen molar-refractivity contribution in [2.45, 2.75) is 52.6 Å². The average Bonchev–Trinajstić information content (AvgIpc) is 2.68. The fraction of sp³-hybridized carbons (Fsp3) is 0.692. The average molecular weight is 288 g/mol. The van der Waals surface area contributed by atoms with Crippen molar-refractivity contribution in [2.24, 2.45) is 0 Å². The van der Waals surface area contributed by atoms with Crippen LogP contribution in [0, 0.1) is 6.92 Å². The molecule has 2 amide bonds. The number of hydrogen-bond donors (Lipinski definition) is 2. The Bertz CT molecular complexity index is 465. The lowest BCUT2D eigenvalue weighted by Gasteiger charge is -2.19. The van der Waals surface area contributed by atoms with Gasteiger partial charge in [-0.15, -0.1) is 0 Å². The van der Waals surface area contributed by atoms with E-state index in [4.69, 9.17) is 0 Å². The molecule has 0 aliphatic heterocycles. The fourth-order valence-corrected chi connectivity index (χ4v) is 1.74. The molecule has 1 unspecified atom stereocenters. The number of hydrogen-bond acceptors (Lipinski definition) is 2. The number of aryl methyl sites for hydroxylation is 1. The summed E-state index contributed by atoms with van der Waals surface area (Å²) in [6.45, 7) is 9.06. The first-order chi connectivity index (χ1) is 9.11. The molecule has 0 spiro atoms. The summed E-state index contributed by atoms with van der Waals surface area (Å²) in [7, 11) is 0. The molecular weight excluding hydrogens is 266 g/mol. The number of aromatic nitrogens is 2. The van der Waals surface area contributed by atoms with E-state index in [2.05, 4.69) is 15.7 Å². The van der Waals surface area contributed by atoms with Gasteiger partial charge in [-0.3, -0.25) is 4.68 Å². The lowest BCUT2D eigenvalue weighted by atomic mass is 10.1. The van der Waals surface area contributed by atoms with Gasteiger partial charge < -0.3 is 10.6 Å². The zero-order valence-electron chi connectivity index (χ0n) is 12.5. The minimum atomic E-state index is -2.55. The van der Waals surface area contributed by atoms with Crippen molar-refractivity contribution in [1.82, 2.24) is 20.4 Å². The third kappa shape index (κ3) is 4.47. The number of halogens is 2. The lowest BCUT2D eigenvalue weighted by Crippen LogP contribution is -2.39. The zero-order valence-corrected chi connectivity index (χ0v) is 12.5. The largest absolute Gasteiger partial charge is 0.332 e. The van der Waals surface area contributed by atoms with E-state index in [-0.39, 0.29) is 11.6 Å². The summed E-state index contributed by atoms with van der Waals surface area (Å²) < 4.78 is 25.8. The van der Waals surface area contributed by atoms with E-state index in [0.29, 0.717) is 0 Å². The van der Waals surface area contributed by atoms with Gasteiger partial charge in [0.05, 0.1) is 23.8 Å². The number of nitrogens with one attached hydrogen (secondary N) is 2. The monoisotopic (exact) mass is 288 g/mol. The maximum absolute atomic E-state index is 12.0. The highest BCUT2D eigenvalue weighted by atomic mass is 19.3. The summed E-state index contributed by atoms with van der Waals surface area (Å²) in [5, 5.41) is 9.14. The van der Waals surface area contributed by atoms with Gasteiger partial charge in [0.15, 0.2) is 0 Å². The maximum Gasteiger partial charge on any atom is 0.315 e. The normalized spacial score (nSPS) is 13.4. The Morgan fingerprint density at radius 2 is 2.05 bits per heavy atom. The van der Waals surface area contributed by atoms with Gasteiger partial charge in [-0.2, -0.15) is 5.10 Å².